The number of nitrogens with zero attached hydrogens (tertiary/aromatic N) is 4. The fourth-order valence-corrected chi connectivity index (χ4v) is 5.83. The summed E-state index contributed by atoms with van der Waals surface area (Å²) in [6, 6.07) is 1.99. The highest BCUT2D eigenvalue weighted by Crippen LogP contribution is 2.21. The normalized spacial score (nSPS) is 18.8. The number of ketones is 1. The van der Waals surface area contributed by atoms with Gasteiger partial charge in [-0.25, -0.2) is 9.59 Å². The van der Waals surface area contributed by atoms with Crippen LogP contribution < -0.4 is 5.32 Å². The zero-order valence-electron chi connectivity index (χ0n) is 33.9. The van der Waals surface area contributed by atoms with Gasteiger partial charge in [-0.3, -0.25) is 0 Å². The maximum absolute atomic E-state index is 12.0. The van der Waals surface area contributed by atoms with Crippen LogP contribution in [0.3, 0.4) is 0 Å². The standard InChI is InChI=1S/C14H28N2O2.C11H22N2O2.C10H21N.C3H6O/c1-11(2)16-9-7-12(8-10-16)15(6)13(17)18-14(3,4)5;1-11(2,3)15-10(14)13(4)9-5-7-12-8-6-9;1-4-10-5-7-11(8-6-10)9(2)3;1-3(2)4/h11-12H,7-10H2,1-6H3;9,12H,5-8H2,1-4H3;9-10H,4-8H2,1-3H3;1-2H3. The average Bonchev–Trinajstić information content (AvgIpc) is 2.99. The third kappa shape index (κ3) is 21.2. The minimum Gasteiger partial charge on any atom is -0.444 e. The Bertz CT molecular complexity index is 888. The molecule has 0 unspecified atom stereocenters. The first kappa shape index (κ1) is 46.1. The van der Waals surface area contributed by atoms with Crippen LogP contribution in [-0.4, -0.2) is 126 Å². The number of nitrogens with one attached hydrogen (secondary N) is 1. The molecule has 3 aliphatic heterocycles. The molecule has 48 heavy (non-hydrogen) atoms. The smallest absolute Gasteiger partial charge is 0.410 e. The minimum absolute atomic E-state index is 0.167. The van der Waals surface area contributed by atoms with Gasteiger partial charge in [0.1, 0.15) is 17.0 Å². The summed E-state index contributed by atoms with van der Waals surface area (Å²) in [6.45, 7) is 32.5. The first-order valence-electron chi connectivity index (χ1n) is 18.6. The number of hydrogen-bond acceptors (Lipinski definition) is 8. The van der Waals surface area contributed by atoms with Crippen molar-refractivity contribution in [3.05, 3.63) is 0 Å². The first-order valence-corrected chi connectivity index (χ1v) is 18.6. The summed E-state index contributed by atoms with van der Waals surface area (Å²) in [7, 11) is 3.67. The van der Waals surface area contributed by atoms with Crippen LogP contribution in [0.1, 0.15) is 135 Å². The highest BCUT2D eigenvalue weighted by molar-refractivity contribution is 5.72. The Morgan fingerprint density at radius 3 is 1.27 bits per heavy atom. The number of rotatable bonds is 5. The fraction of sp³-hybridized carbons (Fsp3) is 0.921. The quantitative estimate of drug-likeness (QED) is 0.320. The molecule has 3 saturated heterocycles. The number of amides is 2. The lowest BCUT2D eigenvalue weighted by atomic mass is 9.94. The Morgan fingerprint density at radius 1 is 0.667 bits per heavy atom. The number of piperidine rings is 3. The number of Topliss-reactive ketones (excluding diaryl/α,β-unsaturated/α-hetero) is 1. The molecule has 0 spiro atoms. The van der Waals surface area contributed by atoms with Crippen LogP contribution in [0, 0.1) is 5.92 Å². The third-order valence-corrected chi connectivity index (χ3v) is 8.95. The van der Waals surface area contributed by atoms with Gasteiger partial charge in [-0.15, -0.1) is 0 Å². The van der Waals surface area contributed by atoms with Gasteiger partial charge in [-0.05, 0) is 154 Å². The van der Waals surface area contributed by atoms with Crippen molar-refractivity contribution in [2.45, 2.75) is 170 Å². The van der Waals surface area contributed by atoms with E-state index in [0.717, 1.165) is 63.8 Å². The molecule has 0 aromatic rings. The van der Waals surface area contributed by atoms with Crippen LogP contribution in [0.25, 0.3) is 0 Å². The Balaban J connectivity index is 0.000000667. The van der Waals surface area contributed by atoms with Crippen molar-refractivity contribution in [1.29, 1.82) is 0 Å². The van der Waals surface area contributed by atoms with Gasteiger partial charge in [0.25, 0.3) is 0 Å². The number of likely N-dealkylation sites (tertiary alicyclic amines) is 2. The largest absolute Gasteiger partial charge is 0.444 e. The van der Waals surface area contributed by atoms with Crippen LogP contribution in [-0.2, 0) is 14.3 Å². The fourth-order valence-electron chi connectivity index (χ4n) is 5.83. The summed E-state index contributed by atoms with van der Waals surface area (Å²) in [5, 5.41) is 3.28. The molecule has 0 atom stereocenters. The Labute approximate surface area is 296 Å². The van der Waals surface area contributed by atoms with Gasteiger partial charge < -0.3 is 39.2 Å². The van der Waals surface area contributed by atoms with E-state index in [1.165, 1.54) is 46.2 Å². The van der Waals surface area contributed by atoms with E-state index in [-0.39, 0.29) is 18.0 Å². The maximum Gasteiger partial charge on any atom is 0.410 e. The lowest BCUT2D eigenvalue weighted by Gasteiger charge is -2.38. The van der Waals surface area contributed by atoms with Crippen LogP contribution in [0.2, 0.25) is 0 Å². The van der Waals surface area contributed by atoms with Crippen molar-refractivity contribution in [3.63, 3.8) is 0 Å². The summed E-state index contributed by atoms with van der Waals surface area (Å²) in [6.07, 6.45) is 7.91. The topological polar surface area (TPSA) is 94.7 Å². The van der Waals surface area contributed by atoms with E-state index >= 15 is 0 Å². The molecule has 3 aliphatic rings. The summed E-state index contributed by atoms with van der Waals surface area (Å²) in [5.41, 5.74) is -0.817. The van der Waals surface area contributed by atoms with Gasteiger partial charge in [-0.1, -0.05) is 13.3 Å². The van der Waals surface area contributed by atoms with E-state index in [1.54, 1.807) is 9.80 Å². The maximum atomic E-state index is 12.0. The number of hydrogen-bond donors (Lipinski definition) is 1. The number of carbonyl (C=O) groups is 3. The van der Waals surface area contributed by atoms with Crippen molar-refractivity contribution in [2.75, 3.05) is 53.4 Å². The molecule has 1 N–H and O–H groups in total. The molecule has 0 saturated carbocycles. The molecule has 0 aromatic carbocycles. The molecule has 3 fully saturated rings. The van der Waals surface area contributed by atoms with Crippen molar-refractivity contribution in [2.24, 2.45) is 5.92 Å². The zero-order valence-corrected chi connectivity index (χ0v) is 33.9. The highest BCUT2D eigenvalue weighted by Gasteiger charge is 2.29. The molecular weight excluding hydrogens is 606 g/mol. The van der Waals surface area contributed by atoms with E-state index in [9.17, 15) is 14.4 Å². The molecule has 0 bridgehead atoms. The second kappa shape index (κ2) is 22.7. The molecule has 2 amide bonds. The van der Waals surface area contributed by atoms with Gasteiger partial charge in [-0.2, -0.15) is 0 Å². The number of carbonyl (C=O) groups excluding carboxylic acids is 3. The molecule has 3 heterocycles. The van der Waals surface area contributed by atoms with Gasteiger partial charge in [0.15, 0.2) is 0 Å². The van der Waals surface area contributed by atoms with Gasteiger partial charge >= 0.3 is 12.2 Å². The predicted octanol–water partition coefficient (Wildman–Crippen LogP) is 7.44. The zero-order chi connectivity index (χ0) is 37.2. The molecule has 0 radical (unpaired) electrons. The van der Waals surface area contributed by atoms with Gasteiger partial charge in [0.2, 0.25) is 0 Å². The second-order valence-electron chi connectivity index (χ2n) is 16.4. The third-order valence-electron chi connectivity index (χ3n) is 8.95. The van der Waals surface area contributed by atoms with E-state index in [4.69, 9.17) is 9.47 Å². The van der Waals surface area contributed by atoms with Crippen molar-refractivity contribution in [3.8, 4) is 0 Å². The van der Waals surface area contributed by atoms with E-state index in [1.807, 2.05) is 55.6 Å². The number of ether oxygens (including phenoxy) is 2. The lowest BCUT2D eigenvalue weighted by molar-refractivity contribution is -0.115. The van der Waals surface area contributed by atoms with Crippen LogP contribution in [0.4, 0.5) is 9.59 Å². The van der Waals surface area contributed by atoms with Gasteiger partial charge in [0.05, 0.1) is 0 Å². The Kier molecular flexibility index (Phi) is 21.8. The van der Waals surface area contributed by atoms with Crippen molar-refractivity contribution >= 4 is 18.0 Å². The average molecular weight is 684 g/mol. The van der Waals surface area contributed by atoms with Gasteiger partial charge in [0, 0.05) is 51.4 Å². The van der Waals surface area contributed by atoms with Crippen LogP contribution in [0.15, 0.2) is 0 Å². The molecule has 10 nitrogen and oxygen atoms in total. The highest BCUT2D eigenvalue weighted by atomic mass is 16.6. The van der Waals surface area contributed by atoms with E-state index in [2.05, 4.69) is 49.7 Å². The monoisotopic (exact) mass is 684 g/mol. The summed E-state index contributed by atoms with van der Waals surface area (Å²) >= 11 is 0. The molecule has 0 aliphatic carbocycles. The van der Waals surface area contributed by atoms with Crippen LogP contribution in [0.5, 0.6) is 0 Å². The summed E-state index contributed by atoms with van der Waals surface area (Å²) < 4.78 is 10.7. The summed E-state index contributed by atoms with van der Waals surface area (Å²) in [4.78, 5) is 41.7. The van der Waals surface area contributed by atoms with E-state index < -0.39 is 11.2 Å². The Hall–Kier alpha value is -1.91. The summed E-state index contributed by atoms with van der Waals surface area (Å²) in [5.74, 6) is 1.19. The predicted molar refractivity (Wildman–Crippen MR) is 200 cm³/mol. The second-order valence-corrected chi connectivity index (χ2v) is 16.4. The Morgan fingerprint density at radius 2 is 0.979 bits per heavy atom. The molecule has 10 heteroatoms. The minimum atomic E-state index is -0.413. The molecule has 3 rings (SSSR count). The molecule has 284 valence electrons. The first-order chi connectivity index (χ1) is 22.1. The van der Waals surface area contributed by atoms with Crippen LogP contribution >= 0.6 is 0 Å². The molecule has 0 aromatic heterocycles. The SMILES string of the molecule is CC(C)=O.CC(C)N1CCC(N(C)C(=O)OC(C)(C)C)CC1.CCC1CCN(C(C)C)CC1.CN(C(=O)OC(C)(C)C)C1CCNCC1. The lowest BCUT2D eigenvalue weighted by Crippen LogP contribution is -2.48. The van der Waals surface area contributed by atoms with E-state index in [0.29, 0.717) is 18.1 Å². The molecular formula is C38H77N5O5. The van der Waals surface area contributed by atoms with Crippen molar-refractivity contribution in [1.82, 2.24) is 24.9 Å². The van der Waals surface area contributed by atoms with Crippen molar-refractivity contribution < 1.29 is 23.9 Å².